The van der Waals surface area contributed by atoms with E-state index >= 15 is 0 Å². The minimum atomic E-state index is -3.69. The molecule has 2 aromatic carbocycles. The Morgan fingerprint density at radius 3 is 2.35 bits per heavy atom. The molecule has 0 spiro atoms. The van der Waals surface area contributed by atoms with Crippen LogP contribution >= 0.6 is 11.8 Å². The summed E-state index contributed by atoms with van der Waals surface area (Å²) in [4.78, 5) is 0.187. The van der Waals surface area contributed by atoms with E-state index < -0.39 is 10.0 Å². The second-order valence-corrected chi connectivity index (χ2v) is 8.66. The van der Waals surface area contributed by atoms with Crippen molar-refractivity contribution in [2.45, 2.75) is 15.9 Å². The summed E-state index contributed by atoms with van der Waals surface area (Å²) < 4.78 is 33.5. The molecular formula is C18H21N3O3S2. The molecule has 1 aliphatic heterocycles. The molecule has 2 aromatic rings. The molecule has 8 heteroatoms. The Hall–Kier alpha value is -2.19. The van der Waals surface area contributed by atoms with Gasteiger partial charge in [-0.05, 0) is 29.8 Å². The van der Waals surface area contributed by atoms with E-state index in [4.69, 9.17) is 4.74 Å². The molecule has 0 aromatic heterocycles. The molecule has 1 aliphatic rings. The fraction of sp³-hybridized carbons (Fsp3) is 0.278. The third kappa shape index (κ3) is 4.92. The lowest BCUT2D eigenvalue weighted by Gasteiger charge is -2.25. The van der Waals surface area contributed by atoms with E-state index in [0.29, 0.717) is 24.3 Å². The molecule has 1 heterocycles. The maximum atomic E-state index is 12.3. The maximum Gasteiger partial charge on any atom is 0.285 e. The average molecular weight is 392 g/mol. The molecular weight excluding hydrogens is 370 g/mol. The summed E-state index contributed by atoms with van der Waals surface area (Å²) in [6.45, 7) is 1.33. The molecule has 138 valence electrons. The van der Waals surface area contributed by atoms with E-state index in [1.54, 1.807) is 25.3 Å². The first-order valence-electron chi connectivity index (χ1n) is 8.19. The average Bonchev–Trinajstić information content (AvgIpc) is 2.68. The number of hydrogen-bond acceptors (Lipinski definition) is 4. The number of hydrogen-bond donors (Lipinski definition) is 2. The van der Waals surface area contributed by atoms with Crippen LogP contribution in [0.1, 0.15) is 5.56 Å². The molecule has 0 radical (unpaired) electrons. The fourth-order valence-corrected chi connectivity index (χ4v) is 4.44. The molecule has 0 atom stereocenters. The van der Waals surface area contributed by atoms with Gasteiger partial charge in [0.2, 0.25) is 5.96 Å². The van der Waals surface area contributed by atoms with Crippen LogP contribution in [0.2, 0.25) is 0 Å². The van der Waals surface area contributed by atoms with Gasteiger partial charge in [0.15, 0.2) is 0 Å². The Balaban J connectivity index is 1.52. The van der Waals surface area contributed by atoms with Gasteiger partial charge in [-0.1, -0.05) is 30.3 Å². The molecule has 0 saturated carbocycles. The van der Waals surface area contributed by atoms with Crippen LogP contribution in [0.3, 0.4) is 0 Å². The van der Waals surface area contributed by atoms with E-state index in [2.05, 4.69) is 27.2 Å². The van der Waals surface area contributed by atoms with Crippen molar-refractivity contribution >= 4 is 27.7 Å². The molecule has 1 saturated heterocycles. The SMILES string of the molecule is COc1ccc(CSC2CNC(=NS(=O)(=O)c3ccccc3)NC2)cc1. The van der Waals surface area contributed by atoms with Crippen molar-refractivity contribution in [3.63, 3.8) is 0 Å². The Labute approximate surface area is 158 Å². The Bertz CT molecular complexity index is 843. The van der Waals surface area contributed by atoms with Crippen LogP contribution < -0.4 is 15.4 Å². The van der Waals surface area contributed by atoms with Gasteiger partial charge in [-0.15, -0.1) is 4.40 Å². The first-order valence-corrected chi connectivity index (χ1v) is 10.7. The zero-order chi connectivity index (χ0) is 18.4. The summed E-state index contributed by atoms with van der Waals surface area (Å²) in [6.07, 6.45) is 0. The minimum absolute atomic E-state index is 0.187. The van der Waals surface area contributed by atoms with Crippen molar-refractivity contribution in [3.05, 3.63) is 60.2 Å². The molecule has 2 N–H and O–H groups in total. The van der Waals surface area contributed by atoms with Crippen molar-refractivity contribution in [2.24, 2.45) is 4.40 Å². The molecule has 0 amide bonds. The van der Waals surface area contributed by atoms with Gasteiger partial charge in [-0.25, -0.2) is 0 Å². The van der Waals surface area contributed by atoms with Crippen molar-refractivity contribution in [1.29, 1.82) is 0 Å². The standard InChI is InChI=1S/C18H21N3O3S2/c1-24-15-9-7-14(8-10-15)13-25-16-11-19-18(20-12-16)21-26(22,23)17-5-3-2-4-6-17/h2-10,16H,11-13H2,1H3,(H2,19,20,21). The van der Waals surface area contributed by atoms with Gasteiger partial charge in [0.1, 0.15) is 5.75 Å². The highest BCUT2D eigenvalue weighted by molar-refractivity contribution is 7.99. The zero-order valence-corrected chi connectivity index (χ0v) is 16.0. The Morgan fingerprint density at radius 2 is 1.73 bits per heavy atom. The van der Waals surface area contributed by atoms with Gasteiger partial charge >= 0.3 is 0 Å². The molecule has 3 rings (SSSR count). The highest BCUT2D eigenvalue weighted by Crippen LogP contribution is 2.20. The molecule has 0 unspecified atom stereocenters. The molecule has 6 nitrogen and oxygen atoms in total. The number of thioether (sulfide) groups is 1. The van der Waals surface area contributed by atoms with Crippen LogP contribution in [0.15, 0.2) is 63.9 Å². The highest BCUT2D eigenvalue weighted by Gasteiger charge is 2.20. The topological polar surface area (TPSA) is 79.8 Å². The van der Waals surface area contributed by atoms with Gasteiger partial charge in [-0.3, -0.25) is 0 Å². The predicted octanol–water partition coefficient (Wildman–Crippen LogP) is 2.23. The molecule has 26 heavy (non-hydrogen) atoms. The van der Waals surface area contributed by atoms with Gasteiger partial charge in [-0.2, -0.15) is 20.2 Å². The first kappa shape index (κ1) is 18.6. The number of methoxy groups -OCH3 is 1. The van der Waals surface area contributed by atoms with Crippen molar-refractivity contribution < 1.29 is 13.2 Å². The normalized spacial score (nSPS) is 17.1. The van der Waals surface area contributed by atoms with E-state index in [0.717, 1.165) is 11.5 Å². The van der Waals surface area contributed by atoms with Crippen LogP contribution in [0.25, 0.3) is 0 Å². The summed E-state index contributed by atoms with van der Waals surface area (Å²) in [5, 5.41) is 6.47. The van der Waals surface area contributed by atoms with Gasteiger partial charge in [0, 0.05) is 24.1 Å². The lowest BCUT2D eigenvalue weighted by Crippen LogP contribution is -2.51. The lowest BCUT2D eigenvalue weighted by molar-refractivity contribution is 0.414. The third-order valence-corrected chi connectivity index (χ3v) is 6.49. The smallest absolute Gasteiger partial charge is 0.285 e. The predicted molar refractivity (Wildman–Crippen MR) is 105 cm³/mol. The number of guanidine groups is 1. The molecule has 0 bridgehead atoms. The van der Waals surface area contributed by atoms with Crippen molar-refractivity contribution in [3.8, 4) is 5.75 Å². The summed E-state index contributed by atoms with van der Waals surface area (Å²) >= 11 is 1.81. The first-order chi connectivity index (χ1) is 12.6. The number of nitrogens with zero attached hydrogens (tertiary/aromatic N) is 1. The van der Waals surface area contributed by atoms with Gasteiger partial charge in [0.25, 0.3) is 10.0 Å². The van der Waals surface area contributed by atoms with Crippen molar-refractivity contribution in [1.82, 2.24) is 10.6 Å². The second-order valence-electron chi connectivity index (χ2n) is 5.77. The highest BCUT2D eigenvalue weighted by atomic mass is 32.2. The van der Waals surface area contributed by atoms with Crippen LogP contribution in [0, 0.1) is 0 Å². The second kappa shape index (κ2) is 8.46. The van der Waals surface area contributed by atoms with E-state index in [9.17, 15) is 8.42 Å². The largest absolute Gasteiger partial charge is 0.497 e. The van der Waals surface area contributed by atoms with Gasteiger partial charge in [0.05, 0.1) is 12.0 Å². The molecule has 0 aliphatic carbocycles. The zero-order valence-electron chi connectivity index (χ0n) is 14.4. The van der Waals surface area contributed by atoms with Gasteiger partial charge < -0.3 is 15.4 Å². The van der Waals surface area contributed by atoms with E-state index in [1.165, 1.54) is 17.7 Å². The monoisotopic (exact) mass is 391 g/mol. The summed E-state index contributed by atoms with van der Waals surface area (Å²) in [7, 11) is -2.04. The minimum Gasteiger partial charge on any atom is -0.497 e. The number of nitrogens with one attached hydrogen (secondary N) is 2. The third-order valence-electron chi connectivity index (χ3n) is 3.89. The molecule has 1 fully saturated rings. The Morgan fingerprint density at radius 1 is 1.08 bits per heavy atom. The Kier molecular flexibility index (Phi) is 6.05. The number of sulfonamides is 1. The number of benzene rings is 2. The number of rotatable bonds is 6. The van der Waals surface area contributed by atoms with Crippen LogP contribution in [0.5, 0.6) is 5.75 Å². The van der Waals surface area contributed by atoms with Crippen LogP contribution in [0.4, 0.5) is 0 Å². The van der Waals surface area contributed by atoms with E-state index in [1.807, 2.05) is 23.9 Å². The van der Waals surface area contributed by atoms with Crippen LogP contribution in [-0.2, 0) is 15.8 Å². The van der Waals surface area contributed by atoms with Crippen LogP contribution in [-0.4, -0.2) is 39.8 Å². The quantitative estimate of drug-likeness (QED) is 0.786. The lowest BCUT2D eigenvalue weighted by atomic mass is 10.2. The summed E-state index contributed by atoms with van der Waals surface area (Å²) in [6, 6.07) is 16.2. The summed E-state index contributed by atoms with van der Waals surface area (Å²) in [5.74, 6) is 2.03. The maximum absolute atomic E-state index is 12.3. The van der Waals surface area contributed by atoms with E-state index in [-0.39, 0.29) is 4.90 Å². The fourth-order valence-electron chi connectivity index (χ4n) is 2.44. The van der Waals surface area contributed by atoms with Crippen molar-refractivity contribution in [2.75, 3.05) is 20.2 Å². The summed E-state index contributed by atoms with van der Waals surface area (Å²) in [5.41, 5.74) is 1.22. The number of ether oxygens (including phenoxy) is 1.